The summed E-state index contributed by atoms with van der Waals surface area (Å²) in [6, 6.07) is 0. The van der Waals surface area contributed by atoms with E-state index in [0.29, 0.717) is 4.75 Å². The molecule has 1 rings (SSSR count). The lowest BCUT2D eigenvalue weighted by Gasteiger charge is -2.20. The highest BCUT2D eigenvalue weighted by Gasteiger charge is 2.41. The van der Waals surface area contributed by atoms with Crippen LogP contribution in [-0.4, -0.2) is 36.3 Å². The molecule has 0 radical (unpaired) electrons. The molecular weight excluding hydrogens is 194 g/mol. The molecule has 14 heavy (non-hydrogen) atoms. The molecule has 3 heteroatoms. The van der Waals surface area contributed by atoms with Crippen LogP contribution in [-0.2, 0) is 4.74 Å². The third-order valence-corrected chi connectivity index (χ3v) is 3.92. The normalized spacial score (nSPS) is 19.7. The van der Waals surface area contributed by atoms with Crippen LogP contribution in [0.2, 0.25) is 0 Å². The summed E-state index contributed by atoms with van der Waals surface area (Å²) in [4.78, 5) is 0. The maximum Gasteiger partial charge on any atom is 0.0599 e. The Morgan fingerprint density at radius 1 is 1.36 bits per heavy atom. The van der Waals surface area contributed by atoms with E-state index < -0.39 is 0 Å². The smallest absolute Gasteiger partial charge is 0.0599 e. The van der Waals surface area contributed by atoms with Crippen LogP contribution in [0.15, 0.2) is 0 Å². The molecule has 0 saturated heterocycles. The lowest BCUT2D eigenvalue weighted by Crippen LogP contribution is -2.31. The van der Waals surface area contributed by atoms with Crippen molar-refractivity contribution < 1.29 is 4.74 Å². The number of rotatable bonds is 6. The van der Waals surface area contributed by atoms with Crippen LogP contribution in [0.1, 0.15) is 33.6 Å². The quantitative estimate of drug-likeness (QED) is 0.690. The molecule has 0 atom stereocenters. The van der Waals surface area contributed by atoms with E-state index in [1.165, 1.54) is 12.8 Å². The van der Waals surface area contributed by atoms with Gasteiger partial charge in [-0.15, -0.1) is 0 Å². The van der Waals surface area contributed by atoms with Crippen LogP contribution < -0.4 is 5.32 Å². The minimum absolute atomic E-state index is 0.00153. The minimum Gasteiger partial charge on any atom is -0.375 e. The average molecular weight is 217 g/mol. The standard InChI is InChI=1S/C11H23NOS/c1-10(2,3)13-8-7-12-9-11(14-4)5-6-11/h12H,5-9H2,1-4H3. The van der Waals surface area contributed by atoms with Crippen molar-refractivity contribution in [2.45, 2.75) is 44.0 Å². The number of nitrogens with one attached hydrogen (secondary N) is 1. The first-order chi connectivity index (χ1) is 6.47. The first-order valence-corrected chi connectivity index (χ1v) is 6.60. The van der Waals surface area contributed by atoms with Crippen LogP contribution in [0.3, 0.4) is 0 Å². The Bertz CT molecular complexity index is 173. The Balaban J connectivity index is 1.95. The summed E-state index contributed by atoms with van der Waals surface area (Å²) in [5.74, 6) is 0. The summed E-state index contributed by atoms with van der Waals surface area (Å²) in [5.41, 5.74) is -0.00153. The van der Waals surface area contributed by atoms with Crippen molar-refractivity contribution in [3.63, 3.8) is 0 Å². The van der Waals surface area contributed by atoms with Gasteiger partial charge in [-0.3, -0.25) is 0 Å². The van der Waals surface area contributed by atoms with Crippen LogP contribution >= 0.6 is 11.8 Å². The van der Waals surface area contributed by atoms with E-state index in [4.69, 9.17) is 4.74 Å². The Morgan fingerprint density at radius 2 is 2.00 bits per heavy atom. The summed E-state index contributed by atoms with van der Waals surface area (Å²) in [5, 5.41) is 3.47. The molecular formula is C11H23NOS. The SMILES string of the molecule is CSC1(CNCCOC(C)(C)C)CC1. The molecule has 0 aliphatic heterocycles. The lowest BCUT2D eigenvalue weighted by atomic mass is 10.2. The maximum atomic E-state index is 5.63. The van der Waals surface area contributed by atoms with Gasteiger partial charge >= 0.3 is 0 Å². The third-order valence-electron chi connectivity index (χ3n) is 2.50. The van der Waals surface area contributed by atoms with E-state index in [0.717, 1.165) is 19.7 Å². The van der Waals surface area contributed by atoms with Gasteiger partial charge in [0.25, 0.3) is 0 Å². The molecule has 1 saturated carbocycles. The highest BCUT2D eigenvalue weighted by molar-refractivity contribution is 8.00. The fourth-order valence-electron chi connectivity index (χ4n) is 1.34. The summed E-state index contributed by atoms with van der Waals surface area (Å²) in [7, 11) is 0. The van der Waals surface area contributed by atoms with Crippen molar-refractivity contribution in [3.8, 4) is 0 Å². The number of hydrogen-bond donors (Lipinski definition) is 1. The van der Waals surface area contributed by atoms with E-state index >= 15 is 0 Å². The zero-order valence-corrected chi connectivity index (χ0v) is 10.7. The van der Waals surface area contributed by atoms with Gasteiger partial charge in [0.1, 0.15) is 0 Å². The summed E-state index contributed by atoms with van der Waals surface area (Å²) < 4.78 is 6.20. The van der Waals surface area contributed by atoms with E-state index in [1.54, 1.807) is 0 Å². The van der Waals surface area contributed by atoms with Gasteiger partial charge in [-0.05, 0) is 39.9 Å². The molecule has 0 bridgehead atoms. The summed E-state index contributed by atoms with van der Waals surface area (Å²) >= 11 is 2.00. The zero-order valence-electron chi connectivity index (χ0n) is 9.85. The fraction of sp³-hybridized carbons (Fsp3) is 1.00. The lowest BCUT2D eigenvalue weighted by molar-refractivity contribution is -0.000744. The predicted octanol–water partition coefficient (Wildman–Crippen LogP) is 2.29. The van der Waals surface area contributed by atoms with Crippen molar-refractivity contribution in [3.05, 3.63) is 0 Å². The van der Waals surface area contributed by atoms with Gasteiger partial charge in [0.05, 0.1) is 12.2 Å². The first-order valence-electron chi connectivity index (χ1n) is 5.37. The summed E-state index contributed by atoms with van der Waals surface area (Å²) in [6.45, 7) is 9.21. The van der Waals surface area contributed by atoms with E-state index in [-0.39, 0.29) is 5.60 Å². The maximum absolute atomic E-state index is 5.63. The van der Waals surface area contributed by atoms with Crippen LogP contribution in [0.5, 0.6) is 0 Å². The van der Waals surface area contributed by atoms with E-state index in [1.807, 2.05) is 11.8 Å². The van der Waals surface area contributed by atoms with Crippen LogP contribution in [0.4, 0.5) is 0 Å². The predicted molar refractivity (Wildman–Crippen MR) is 64.1 cm³/mol. The Morgan fingerprint density at radius 3 is 2.43 bits per heavy atom. The third kappa shape index (κ3) is 4.67. The monoisotopic (exact) mass is 217 g/mol. The number of hydrogen-bond acceptors (Lipinski definition) is 3. The molecule has 2 nitrogen and oxygen atoms in total. The van der Waals surface area contributed by atoms with Gasteiger partial charge in [0.15, 0.2) is 0 Å². The molecule has 1 fully saturated rings. The summed E-state index contributed by atoms with van der Waals surface area (Å²) in [6.07, 6.45) is 4.96. The molecule has 1 aliphatic carbocycles. The van der Waals surface area contributed by atoms with Crippen molar-refractivity contribution in [1.82, 2.24) is 5.32 Å². The van der Waals surface area contributed by atoms with Crippen molar-refractivity contribution in [2.75, 3.05) is 26.0 Å². The minimum atomic E-state index is -0.00153. The molecule has 0 aromatic carbocycles. The highest BCUT2D eigenvalue weighted by atomic mass is 32.2. The van der Waals surface area contributed by atoms with E-state index in [2.05, 4.69) is 32.3 Å². The second-order valence-electron chi connectivity index (χ2n) is 5.02. The Kier molecular flexibility index (Phi) is 4.29. The van der Waals surface area contributed by atoms with Crippen LogP contribution in [0, 0.1) is 0 Å². The molecule has 84 valence electrons. The van der Waals surface area contributed by atoms with Crippen LogP contribution in [0.25, 0.3) is 0 Å². The molecule has 0 heterocycles. The average Bonchev–Trinajstić information content (AvgIpc) is 2.83. The van der Waals surface area contributed by atoms with Crippen molar-refractivity contribution in [1.29, 1.82) is 0 Å². The largest absolute Gasteiger partial charge is 0.375 e. The fourth-order valence-corrected chi connectivity index (χ4v) is 2.09. The number of ether oxygens (including phenoxy) is 1. The Labute approximate surface area is 92.2 Å². The topological polar surface area (TPSA) is 21.3 Å². The van der Waals surface area contributed by atoms with Gasteiger partial charge in [-0.2, -0.15) is 11.8 Å². The van der Waals surface area contributed by atoms with Crippen molar-refractivity contribution in [2.24, 2.45) is 0 Å². The van der Waals surface area contributed by atoms with Gasteiger partial charge < -0.3 is 10.1 Å². The zero-order chi connectivity index (χ0) is 10.7. The molecule has 0 unspecified atom stereocenters. The van der Waals surface area contributed by atoms with Gasteiger partial charge in [-0.1, -0.05) is 0 Å². The molecule has 1 aliphatic rings. The van der Waals surface area contributed by atoms with Gasteiger partial charge in [-0.25, -0.2) is 0 Å². The molecule has 0 aromatic heterocycles. The molecule has 0 amide bonds. The first kappa shape index (κ1) is 12.3. The molecule has 0 aromatic rings. The van der Waals surface area contributed by atoms with Gasteiger partial charge in [0, 0.05) is 17.8 Å². The molecule has 1 N–H and O–H groups in total. The van der Waals surface area contributed by atoms with Crippen molar-refractivity contribution >= 4 is 11.8 Å². The Hall–Kier alpha value is 0.270. The van der Waals surface area contributed by atoms with Gasteiger partial charge in [0.2, 0.25) is 0 Å². The highest BCUT2D eigenvalue weighted by Crippen LogP contribution is 2.46. The second kappa shape index (κ2) is 4.86. The second-order valence-corrected chi connectivity index (χ2v) is 6.30. The number of thioether (sulfide) groups is 1. The molecule has 0 spiro atoms. The van der Waals surface area contributed by atoms with E-state index in [9.17, 15) is 0 Å².